The van der Waals surface area contributed by atoms with Gasteiger partial charge in [-0.05, 0) is 30.2 Å². The highest BCUT2D eigenvalue weighted by atomic mass is 35.5. The number of rotatable bonds is 5. The molecule has 0 radical (unpaired) electrons. The predicted octanol–water partition coefficient (Wildman–Crippen LogP) is 4.86. The van der Waals surface area contributed by atoms with Crippen LogP contribution in [-0.4, -0.2) is 11.7 Å². The molecule has 31 heavy (non-hydrogen) atoms. The van der Waals surface area contributed by atoms with Crippen molar-refractivity contribution in [1.29, 1.82) is 5.26 Å². The molecule has 0 aliphatic carbocycles. The second-order valence-corrected chi connectivity index (χ2v) is 7.30. The summed E-state index contributed by atoms with van der Waals surface area (Å²) in [7, 11) is 0. The highest BCUT2D eigenvalue weighted by Crippen LogP contribution is 2.41. The minimum absolute atomic E-state index is 0.333. The number of nitrogens with two attached hydrogens (primary N) is 2. The predicted molar refractivity (Wildman–Crippen MR) is 126 cm³/mol. The summed E-state index contributed by atoms with van der Waals surface area (Å²) in [4.78, 5) is 13.7. The molecular weight excluding hydrogens is 410 g/mol. The van der Waals surface area contributed by atoms with Crippen LogP contribution in [0, 0.1) is 11.3 Å². The maximum absolute atomic E-state index is 9.89. The van der Waals surface area contributed by atoms with Gasteiger partial charge in [0.2, 0.25) is 5.91 Å². The van der Waals surface area contributed by atoms with Crippen LogP contribution >= 0.6 is 11.6 Å². The van der Waals surface area contributed by atoms with Gasteiger partial charge >= 0.3 is 0 Å². The molecule has 1 aliphatic heterocycles. The van der Waals surface area contributed by atoms with E-state index in [1.165, 1.54) is 6.92 Å². The first kappa shape index (κ1) is 23.7. The summed E-state index contributed by atoms with van der Waals surface area (Å²) < 4.78 is 0. The van der Waals surface area contributed by atoms with Gasteiger partial charge in [0.15, 0.2) is 0 Å². The number of nitrogens with one attached hydrogen (secondary N) is 1. The van der Waals surface area contributed by atoms with E-state index >= 15 is 0 Å². The third kappa shape index (κ3) is 6.46. The zero-order valence-corrected chi connectivity index (χ0v) is 18.4. The summed E-state index contributed by atoms with van der Waals surface area (Å²) in [6, 6.07) is 19.7. The van der Waals surface area contributed by atoms with Crippen LogP contribution in [0.5, 0.6) is 0 Å². The first-order chi connectivity index (χ1) is 14.9. The zero-order valence-electron chi connectivity index (χ0n) is 17.6. The number of allylic oxidation sites excluding steroid dienone is 2. The second-order valence-electron chi connectivity index (χ2n) is 6.89. The quantitative estimate of drug-likeness (QED) is 0.621. The average molecular weight is 436 g/mol. The van der Waals surface area contributed by atoms with Crippen molar-refractivity contribution in [3.05, 3.63) is 88.2 Å². The zero-order chi connectivity index (χ0) is 22.8. The van der Waals surface area contributed by atoms with Crippen LogP contribution in [-0.2, 0) is 4.79 Å². The third-order valence-corrected chi connectivity index (χ3v) is 4.80. The van der Waals surface area contributed by atoms with Crippen molar-refractivity contribution < 1.29 is 4.79 Å². The van der Waals surface area contributed by atoms with Crippen LogP contribution in [0.1, 0.15) is 38.2 Å². The number of nitrogens with zero attached hydrogens (tertiary/aromatic N) is 2. The lowest BCUT2D eigenvalue weighted by Crippen LogP contribution is -2.26. The molecule has 1 unspecified atom stereocenters. The van der Waals surface area contributed by atoms with Gasteiger partial charge in [0.25, 0.3) is 0 Å². The largest absolute Gasteiger partial charge is 0.383 e. The van der Waals surface area contributed by atoms with E-state index < -0.39 is 0 Å². The number of amidine groups is 1. The Kier molecular flexibility index (Phi) is 8.86. The van der Waals surface area contributed by atoms with E-state index in [0.717, 1.165) is 28.9 Å². The number of halogens is 1. The van der Waals surface area contributed by atoms with Crippen LogP contribution in [0.25, 0.3) is 0 Å². The van der Waals surface area contributed by atoms with Crippen LogP contribution < -0.4 is 16.8 Å². The molecule has 1 heterocycles. The third-order valence-electron chi connectivity index (χ3n) is 4.45. The fourth-order valence-corrected chi connectivity index (χ4v) is 3.43. The molecular formula is C24H26ClN5O. The number of amides is 1. The topological polar surface area (TPSA) is 117 Å². The lowest BCUT2D eigenvalue weighted by Gasteiger charge is -2.27. The maximum atomic E-state index is 9.89. The van der Waals surface area contributed by atoms with Crippen molar-refractivity contribution in [1.82, 2.24) is 0 Å². The summed E-state index contributed by atoms with van der Waals surface area (Å²) >= 11 is 6.47. The molecule has 6 nitrogen and oxygen atoms in total. The molecule has 0 aromatic heterocycles. The molecule has 2 aromatic carbocycles. The van der Waals surface area contributed by atoms with Gasteiger partial charge in [-0.2, -0.15) is 5.26 Å². The summed E-state index contributed by atoms with van der Waals surface area (Å²) in [5.74, 6) is -0.273. The number of benzene rings is 2. The minimum Gasteiger partial charge on any atom is -0.383 e. The Morgan fingerprint density at radius 3 is 2.42 bits per heavy atom. The normalized spacial score (nSPS) is 16.6. The lowest BCUT2D eigenvalue weighted by atomic mass is 9.81. The number of hydrogen-bond donors (Lipinski definition) is 3. The van der Waals surface area contributed by atoms with E-state index in [1.54, 1.807) is 0 Å². The fourth-order valence-electron chi connectivity index (χ4n) is 3.18. The Hall–Kier alpha value is -3.56. The van der Waals surface area contributed by atoms with E-state index in [4.69, 9.17) is 17.3 Å². The van der Waals surface area contributed by atoms with Crippen molar-refractivity contribution in [3.8, 4) is 6.07 Å². The Balaban J connectivity index is 0.000000785. The lowest BCUT2D eigenvalue weighted by molar-refractivity contribution is -0.115. The molecule has 5 N–H and O–H groups in total. The second kappa shape index (κ2) is 11.6. The van der Waals surface area contributed by atoms with Gasteiger partial charge in [0.05, 0.1) is 23.3 Å². The summed E-state index contributed by atoms with van der Waals surface area (Å²) in [5.41, 5.74) is 14.6. The molecule has 2 aromatic rings. The molecule has 0 saturated carbocycles. The Labute approximate surface area is 187 Å². The Morgan fingerprint density at radius 1 is 1.23 bits per heavy atom. The molecule has 3 rings (SSSR count). The van der Waals surface area contributed by atoms with Crippen molar-refractivity contribution in [2.45, 2.75) is 32.6 Å². The highest BCUT2D eigenvalue weighted by Gasteiger charge is 2.31. The van der Waals surface area contributed by atoms with Crippen LogP contribution in [0.2, 0.25) is 5.02 Å². The van der Waals surface area contributed by atoms with Crippen molar-refractivity contribution in [2.75, 3.05) is 5.32 Å². The van der Waals surface area contributed by atoms with Crippen molar-refractivity contribution in [3.63, 3.8) is 0 Å². The van der Waals surface area contributed by atoms with Gasteiger partial charge in [-0.1, -0.05) is 61.3 Å². The van der Waals surface area contributed by atoms with E-state index in [1.807, 2.05) is 60.8 Å². The molecule has 1 amide bonds. The summed E-state index contributed by atoms with van der Waals surface area (Å²) in [6.07, 6.45) is 3.40. The number of primary amides is 1. The van der Waals surface area contributed by atoms with Gasteiger partial charge in [0.1, 0.15) is 5.84 Å². The number of hydrogen-bond acceptors (Lipinski definition) is 5. The summed E-state index contributed by atoms with van der Waals surface area (Å²) in [5, 5.41) is 13.8. The Bertz CT molecular complexity index is 1050. The maximum Gasteiger partial charge on any atom is 0.214 e. The van der Waals surface area contributed by atoms with Crippen LogP contribution in [0.4, 0.5) is 5.69 Å². The fraction of sp³-hybridized carbons (Fsp3) is 0.208. The van der Waals surface area contributed by atoms with Gasteiger partial charge < -0.3 is 16.8 Å². The molecule has 1 aliphatic rings. The SMILES string of the molecule is CC(N)=O.CCCC1=C(C#N)C(c2ccccc2Cl)/C(=C/Nc2ccccc2)C(N)=N1. The number of nitriles is 1. The van der Waals surface area contributed by atoms with E-state index in [0.29, 0.717) is 22.9 Å². The molecule has 0 bridgehead atoms. The van der Waals surface area contributed by atoms with Gasteiger partial charge in [-0.15, -0.1) is 0 Å². The highest BCUT2D eigenvalue weighted by molar-refractivity contribution is 6.31. The van der Waals surface area contributed by atoms with E-state index in [-0.39, 0.29) is 11.8 Å². The van der Waals surface area contributed by atoms with E-state index in [2.05, 4.69) is 29.0 Å². The first-order valence-corrected chi connectivity index (χ1v) is 10.3. The van der Waals surface area contributed by atoms with Crippen molar-refractivity contribution in [2.24, 2.45) is 16.5 Å². The number of aliphatic imine (C=N–C) groups is 1. The Morgan fingerprint density at radius 2 is 1.84 bits per heavy atom. The van der Waals surface area contributed by atoms with Gasteiger partial charge in [-0.3, -0.25) is 4.79 Å². The van der Waals surface area contributed by atoms with Crippen molar-refractivity contribution >= 4 is 29.0 Å². The van der Waals surface area contributed by atoms with Gasteiger partial charge in [-0.25, -0.2) is 4.99 Å². The first-order valence-electron chi connectivity index (χ1n) is 9.88. The smallest absolute Gasteiger partial charge is 0.214 e. The van der Waals surface area contributed by atoms with E-state index in [9.17, 15) is 10.1 Å². The minimum atomic E-state index is -0.348. The average Bonchev–Trinajstić information content (AvgIpc) is 2.74. The van der Waals surface area contributed by atoms with Crippen LogP contribution in [0.3, 0.4) is 0 Å². The summed E-state index contributed by atoms with van der Waals surface area (Å²) in [6.45, 7) is 3.36. The molecule has 0 spiro atoms. The number of para-hydroxylation sites is 1. The molecule has 0 saturated heterocycles. The number of carbonyl (C=O) groups is 1. The molecule has 1 atom stereocenters. The molecule has 0 fully saturated rings. The molecule has 160 valence electrons. The molecule has 7 heteroatoms. The standard InChI is InChI=1S/C22H21ClN4.C2H5NO/c1-2-8-20-17(13-24)21(16-11-6-7-12-19(16)23)18(22(25)27-20)14-26-15-9-4-3-5-10-15;1-2(3)4/h3-7,9-12,14,21,26H,2,8H2,1H3,(H2,25,27);1H3,(H2,3,4)/b18-14-;. The monoisotopic (exact) mass is 435 g/mol. The number of anilines is 1. The number of carbonyl (C=O) groups excluding carboxylic acids is 1. The van der Waals surface area contributed by atoms with Gasteiger partial charge in [0, 0.05) is 29.4 Å². The van der Waals surface area contributed by atoms with Crippen LogP contribution in [0.15, 0.2) is 82.6 Å².